The van der Waals surface area contributed by atoms with E-state index in [-0.39, 0.29) is 6.09 Å². The second kappa shape index (κ2) is 7.17. The van der Waals surface area contributed by atoms with Crippen LogP contribution in [-0.2, 0) is 11.3 Å². The summed E-state index contributed by atoms with van der Waals surface area (Å²) >= 11 is 0. The summed E-state index contributed by atoms with van der Waals surface area (Å²) in [6, 6.07) is 9.75. The lowest BCUT2D eigenvalue weighted by molar-refractivity contribution is 0.136. The molecule has 0 bridgehead atoms. The van der Waals surface area contributed by atoms with Crippen LogP contribution < -0.4 is 5.32 Å². The lowest BCUT2D eigenvalue weighted by atomic mass is 9.83. The van der Waals surface area contributed by atoms with E-state index in [1.807, 2.05) is 30.3 Å². The van der Waals surface area contributed by atoms with Crippen molar-refractivity contribution < 1.29 is 9.53 Å². The average Bonchev–Trinajstić information content (AvgIpc) is 2.45. The molecule has 1 aromatic rings. The molecule has 0 saturated heterocycles. The summed E-state index contributed by atoms with van der Waals surface area (Å²) in [6.07, 6.45) is 4.71. The molecule has 0 heterocycles. The number of alkyl carbamates (subject to hydrolysis) is 1. The third kappa shape index (κ3) is 4.93. The summed E-state index contributed by atoms with van der Waals surface area (Å²) in [7, 11) is 0. The highest BCUT2D eigenvalue weighted by Gasteiger charge is 2.18. The molecule has 1 saturated carbocycles. The van der Waals surface area contributed by atoms with Crippen LogP contribution in [0.25, 0.3) is 0 Å². The maximum absolute atomic E-state index is 11.6. The smallest absolute Gasteiger partial charge is 0.407 e. The number of benzene rings is 1. The van der Waals surface area contributed by atoms with Gasteiger partial charge in [0.05, 0.1) is 0 Å². The van der Waals surface area contributed by atoms with Crippen molar-refractivity contribution in [3.63, 3.8) is 0 Å². The van der Waals surface area contributed by atoms with E-state index in [0.717, 1.165) is 18.0 Å². The van der Waals surface area contributed by atoms with Crippen molar-refractivity contribution in [1.29, 1.82) is 0 Å². The summed E-state index contributed by atoms with van der Waals surface area (Å²) in [5, 5.41) is 2.88. The zero-order valence-corrected chi connectivity index (χ0v) is 11.6. The van der Waals surface area contributed by atoms with Crippen LogP contribution >= 0.6 is 0 Å². The molecule has 3 heteroatoms. The summed E-state index contributed by atoms with van der Waals surface area (Å²) < 4.78 is 5.19. The fraction of sp³-hybridized carbons (Fsp3) is 0.562. The topological polar surface area (TPSA) is 38.3 Å². The lowest BCUT2D eigenvalue weighted by Crippen LogP contribution is -2.31. The van der Waals surface area contributed by atoms with Crippen molar-refractivity contribution in [2.75, 3.05) is 6.54 Å². The second-order valence-electron chi connectivity index (χ2n) is 5.57. The molecular weight excluding hydrogens is 238 g/mol. The quantitative estimate of drug-likeness (QED) is 0.896. The van der Waals surface area contributed by atoms with E-state index in [1.54, 1.807) is 0 Å². The summed E-state index contributed by atoms with van der Waals surface area (Å²) in [5.74, 6) is 1.47. The third-order valence-electron chi connectivity index (χ3n) is 3.88. The van der Waals surface area contributed by atoms with Crippen LogP contribution in [0.15, 0.2) is 30.3 Å². The molecule has 0 unspecified atom stereocenters. The lowest BCUT2D eigenvalue weighted by Gasteiger charge is -2.26. The molecular formula is C16H23NO2. The first-order chi connectivity index (χ1) is 9.24. The van der Waals surface area contributed by atoms with Crippen LogP contribution in [0, 0.1) is 11.8 Å². The Labute approximate surface area is 115 Å². The van der Waals surface area contributed by atoms with Crippen LogP contribution in [-0.4, -0.2) is 12.6 Å². The number of rotatable bonds is 4. The molecule has 0 aromatic heterocycles. The minimum Gasteiger partial charge on any atom is -0.445 e. The van der Waals surface area contributed by atoms with Gasteiger partial charge < -0.3 is 10.1 Å². The van der Waals surface area contributed by atoms with Gasteiger partial charge in [-0.25, -0.2) is 4.79 Å². The number of nitrogens with one attached hydrogen (secondary N) is 1. The SMILES string of the molecule is CC1CCC(CNC(=O)OCc2ccccc2)CC1. The monoisotopic (exact) mass is 261 g/mol. The van der Waals surface area contributed by atoms with Crippen LogP contribution in [0.4, 0.5) is 4.79 Å². The summed E-state index contributed by atoms with van der Waals surface area (Å²) in [4.78, 5) is 11.6. The van der Waals surface area contributed by atoms with Gasteiger partial charge in [-0.2, -0.15) is 0 Å². The minimum absolute atomic E-state index is 0.303. The Kier molecular flexibility index (Phi) is 5.25. The zero-order valence-electron chi connectivity index (χ0n) is 11.6. The number of hydrogen-bond acceptors (Lipinski definition) is 2. The molecule has 0 spiro atoms. The second-order valence-corrected chi connectivity index (χ2v) is 5.57. The Morgan fingerprint density at radius 1 is 1.21 bits per heavy atom. The minimum atomic E-state index is -0.303. The zero-order chi connectivity index (χ0) is 13.5. The van der Waals surface area contributed by atoms with E-state index >= 15 is 0 Å². The largest absolute Gasteiger partial charge is 0.445 e. The first-order valence-electron chi connectivity index (χ1n) is 7.18. The Bertz CT molecular complexity index is 383. The van der Waals surface area contributed by atoms with Crippen molar-refractivity contribution in [2.24, 2.45) is 11.8 Å². The van der Waals surface area contributed by atoms with Crippen molar-refractivity contribution in [3.05, 3.63) is 35.9 Å². The number of amides is 1. The van der Waals surface area contributed by atoms with Gasteiger partial charge in [-0.05, 0) is 30.2 Å². The van der Waals surface area contributed by atoms with Crippen LogP contribution in [0.2, 0.25) is 0 Å². The average molecular weight is 261 g/mol. The van der Waals surface area contributed by atoms with E-state index < -0.39 is 0 Å². The summed E-state index contributed by atoms with van der Waals surface area (Å²) in [5.41, 5.74) is 1.02. The van der Waals surface area contributed by atoms with Gasteiger partial charge in [0.2, 0.25) is 0 Å². The van der Waals surface area contributed by atoms with Gasteiger partial charge in [0, 0.05) is 6.54 Å². The first-order valence-corrected chi connectivity index (χ1v) is 7.18. The first kappa shape index (κ1) is 13.9. The standard InChI is InChI=1S/C16H23NO2/c1-13-7-9-14(10-8-13)11-17-16(18)19-12-15-5-3-2-4-6-15/h2-6,13-14H,7-12H2,1H3,(H,17,18). The van der Waals surface area contributed by atoms with Crippen molar-refractivity contribution in [2.45, 2.75) is 39.2 Å². The molecule has 1 aliphatic carbocycles. The normalized spacial score (nSPS) is 22.8. The highest BCUT2D eigenvalue weighted by molar-refractivity contribution is 5.67. The van der Waals surface area contributed by atoms with E-state index in [1.165, 1.54) is 25.7 Å². The number of hydrogen-bond donors (Lipinski definition) is 1. The van der Waals surface area contributed by atoms with E-state index in [0.29, 0.717) is 12.5 Å². The molecule has 1 aliphatic rings. The fourth-order valence-electron chi connectivity index (χ4n) is 2.54. The van der Waals surface area contributed by atoms with Gasteiger partial charge in [0.15, 0.2) is 0 Å². The number of ether oxygens (including phenoxy) is 1. The molecule has 104 valence electrons. The van der Waals surface area contributed by atoms with Gasteiger partial charge in [0.25, 0.3) is 0 Å². The van der Waals surface area contributed by atoms with E-state index in [9.17, 15) is 4.79 Å². The maximum Gasteiger partial charge on any atom is 0.407 e. The number of carbonyl (C=O) groups excluding carboxylic acids is 1. The Hall–Kier alpha value is -1.51. The van der Waals surface area contributed by atoms with Crippen LogP contribution in [0.3, 0.4) is 0 Å². The van der Waals surface area contributed by atoms with Crippen LogP contribution in [0.1, 0.15) is 38.2 Å². The van der Waals surface area contributed by atoms with E-state index in [2.05, 4.69) is 12.2 Å². The van der Waals surface area contributed by atoms with Gasteiger partial charge >= 0.3 is 6.09 Å². The van der Waals surface area contributed by atoms with Crippen molar-refractivity contribution in [3.8, 4) is 0 Å². The van der Waals surface area contributed by atoms with Crippen molar-refractivity contribution in [1.82, 2.24) is 5.32 Å². The molecule has 3 nitrogen and oxygen atoms in total. The molecule has 1 N–H and O–H groups in total. The Morgan fingerprint density at radius 3 is 2.58 bits per heavy atom. The van der Waals surface area contributed by atoms with Crippen LogP contribution in [0.5, 0.6) is 0 Å². The Morgan fingerprint density at radius 2 is 1.89 bits per heavy atom. The molecule has 0 radical (unpaired) electrons. The molecule has 1 fully saturated rings. The highest BCUT2D eigenvalue weighted by atomic mass is 16.5. The number of carbonyl (C=O) groups is 1. The fourth-order valence-corrected chi connectivity index (χ4v) is 2.54. The molecule has 0 atom stereocenters. The Balaban J connectivity index is 1.62. The van der Waals surface area contributed by atoms with Gasteiger partial charge in [0.1, 0.15) is 6.61 Å². The molecule has 2 rings (SSSR count). The summed E-state index contributed by atoms with van der Waals surface area (Å²) in [6.45, 7) is 3.40. The molecule has 0 aliphatic heterocycles. The molecule has 1 amide bonds. The highest BCUT2D eigenvalue weighted by Crippen LogP contribution is 2.27. The van der Waals surface area contributed by atoms with Gasteiger partial charge in [-0.1, -0.05) is 50.1 Å². The third-order valence-corrected chi connectivity index (χ3v) is 3.88. The van der Waals surface area contributed by atoms with Gasteiger partial charge in [-0.15, -0.1) is 0 Å². The predicted octanol–water partition coefficient (Wildman–Crippen LogP) is 3.74. The molecule has 19 heavy (non-hydrogen) atoms. The predicted molar refractivity (Wildman–Crippen MR) is 75.8 cm³/mol. The van der Waals surface area contributed by atoms with Crippen molar-refractivity contribution >= 4 is 6.09 Å². The van der Waals surface area contributed by atoms with Gasteiger partial charge in [-0.3, -0.25) is 0 Å². The maximum atomic E-state index is 11.6. The van der Waals surface area contributed by atoms with E-state index in [4.69, 9.17) is 4.74 Å². The molecule has 1 aromatic carbocycles.